The highest BCUT2D eigenvalue weighted by atomic mass is 19.1. The zero-order valence-electron chi connectivity index (χ0n) is 10.4. The van der Waals surface area contributed by atoms with Gasteiger partial charge in [-0.3, -0.25) is 4.79 Å². The lowest BCUT2D eigenvalue weighted by atomic mass is 9.98. The molecule has 0 spiro atoms. The lowest BCUT2D eigenvalue weighted by Gasteiger charge is -2.17. The SMILES string of the molecule is O=C(c1cccc(F)c1)c1ccc2c(c1)CCCO2. The fourth-order valence-corrected chi connectivity index (χ4v) is 2.30. The number of rotatable bonds is 2. The van der Waals surface area contributed by atoms with Crippen LogP contribution in [0.1, 0.15) is 27.9 Å². The predicted octanol–water partition coefficient (Wildman–Crippen LogP) is 3.38. The van der Waals surface area contributed by atoms with Gasteiger partial charge in [-0.15, -0.1) is 0 Å². The number of hydrogen-bond donors (Lipinski definition) is 0. The number of halogens is 1. The Morgan fingerprint density at radius 1 is 1.11 bits per heavy atom. The van der Waals surface area contributed by atoms with Crippen LogP contribution in [0.15, 0.2) is 42.5 Å². The van der Waals surface area contributed by atoms with Crippen molar-refractivity contribution in [2.24, 2.45) is 0 Å². The molecule has 0 aliphatic carbocycles. The third kappa shape index (κ3) is 2.36. The average molecular weight is 256 g/mol. The average Bonchev–Trinajstić information content (AvgIpc) is 2.46. The minimum atomic E-state index is -0.396. The van der Waals surface area contributed by atoms with E-state index in [4.69, 9.17) is 4.74 Å². The van der Waals surface area contributed by atoms with Gasteiger partial charge < -0.3 is 4.74 Å². The minimum absolute atomic E-state index is 0.159. The smallest absolute Gasteiger partial charge is 0.193 e. The Morgan fingerprint density at radius 2 is 1.95 bits per heavy atom. The maximum Gasteiger partial charge on any atom is 0.193 e. The van der Waals surface area contributed by atoms with Gasteiger partial charge in [0.2, 0.25) is 0 Å². The van der Waals surface area contributed by atoms with Crippen LogP contribution in [0.3, 0.4) is 0 Å². The first-order valence-corrected chi connectivity index (χ1v) is 6.30. The molecule has 0 aromatic heterocycles. The Kier molecular flexibility index (Phi) is 3.03. The number of benzene rings is 2. The summed E-state index contributed by atoms with van der Waals surface area (Å²) in [5.41, 5.74) is 2.00. The van der Waals surface area contributed by atoms with Crippen LogP contribution in [0.25, 0.3) is 0 Å². The highest BCUT2D eigenvalue weighted by Gasteiger charge is 2.15. The lowest BCUT2D eigenvalue weighted by Crippen LogP contribution is -2.10. The van der Waals surface area contributed by atoms with E-state index in [1.165, 1.54) is 12.1 Å². The number of ketones is 1. The molecule has 2 aromatic rings. The molecule has 0 fully saturated rings. The normalized spacial score (nSPS) is 13.5. The molecule has 2 aromatic carbocycles. The molecule has 1 aliphatic rings. The lowest BCUT2D eigenvalue weighted by molar-refractivity contribution is 0.103. The minimum Gasteiger partial charge on any atom is -0.493 e. The van der Waals surface area contributed by atoms with Gasteiger partial charge in [-0.1, -0.05) is 12.1 Å². The second kappa shape index (κ2) is 4.84. The molecule has 0 saturated carbocycles. The zero-order chi connectivity index (χ0) is 13.2. The van der Waals surface area contributed by atoms with E-state index >= 15 is 0 Å². The van der Waals surface area contributed by atoms with Gasteiger partial charge in [-0.05, 0) is 48.7 Å². The predicted molar refractivity (Wildman–Crippen MR) is 70.1 cm³/mol. The monoisotopic (exact) mass is 256 g/mol. The number of aryl methyl sites for hydroxylation is 1. The van der Waals surface area contributed by atoms with E-state index in [-0.39, 0.29) is 5.78 Å². The Morgan fingerprint density at radius 3 is 2.79 bits per heavy atom. The van der Waals surface area contributed by atoms with Gasteiger partial charge >= 0.3 is 0 Å². The van der Waals surface area contributed by atoms with Crippen molar-refractivity contribution < 1.29 is 13.9 Å². The number of carbonyl (C=O) groups excluding carboxylic acids is 1. The molecular formula is C16H13FO2. The molecule has 0 unspecified atom stereocenters. The van der Waals surface area contributed by atoms with Crippen molar-refractivity contribution in [3.8, 4) is 5.75 Å². The summed E-state index contributed by atoms with van der Waals surface area (Å²) in [6.07, 6.45) is 1.88. The Balaban J connectivity index is 1.96. The first-order valence-electron chi connectivity index (χ1n) is 6.30. The van der Waals surface area contributed by atoms with Crippen LogP contribution in [-0.2, 0) is 6.42 Å². The maximum atomic E-state index is 13.1. The number of hydrogen-bond acceptors (Lipinski definition) is 2. The molecule has 0 N–H and O–H groups in total. The summed E-state index contributed by atoms with van der Waals surface area (Å²) < 4.78 is 18.7. The molecule has 0 atom stereocenters. The number of fused-ring (bicyclic) bond motifs is 1. The Labute approximate surface area is 110 Å². The van der Waals surface area contributed by atoms with E-state index in [1.807, 2.05) is 12.1 Å². The summed E-state index contributed by atoms with van der Waals surface area (Å²) in [4.78, 5) is 12.3. The van der Waals surface area contributed by atoms with E-state index in [0.29, 0.717) is 11.1 Å². The summed E-state index contributed by atoms with van der Waals surface area (Å²) in [6, 6.07) is 11.2. The van der Waals surface area contributed by atoms with E-state index in [0.717, 1.165) is 30.8 Å². The highest BCUT2D eigenvalue weighted by Crippen LogP contribution is 2.26. The summed E-state index contributed by atoms with van der Waals surface area (Å²) in [5, 5.41) is 0. The van der Waals surface area contributed by atoms with Gasteiger partial charge in [-0.2, -0.15) is 0 Å². The van der Waals surface area contributed by atoms with Gasteiger partial charge in [0.25, 0.3) is 0 Å². The molecule has 1 aliphatic heterocycles. The van der Waals surface area contributed by atoms with Crippen LogP contribution >= 0.6 is 0 Å². The highest BCUT2D eigenvalue weighted by molar-refractivity contribution is 6.09. The molecule has 0 radical (unpaired) electrons. The molecule has 96 valence electrons. The quantitative estimate of drug-likeness (QED) is 0.770. The fraction of sp³-hybridized carbons (Fsp3) is 0.188. The first-order chi connectivity index (χ1) is 9.24. The van der Waals surface area contributed by atoms with E-state index in [2.05, 4.69) is 0 Å². The van der Waals surface area contributed by atoms with Crippen LogP contribution < -0.4 is 4.74 Å². The zero-order valence-corrected chi connectivity index (χ0v) is 10.4. The van der Waals surface area contributed by atoms with Gasteiger partial charge in [0.15, 0.2) is 5.78 Å². The first kappa shape index (κ1) is 11.9. The Hall–Kier alpha value is -2.16. The van der Waals surface area contributed by atoms with Crippen LogP contribution in [0.2, 0.25) is 0 Å². The van der Waals surface area contributed by atoms with E-state index in [9.17, 15) is 9.18 Å². The third-order valence-electron chi connectivity index (χ3n) is 3.26. The van der Waals surface area contributed by atoms with Crippen LogP contribution in [0, 0.1) is 5.82 Å². The second-order valence-corrected chi connectivity index (χ2v) is 4.61. The number of ether oxygens (including phenoxy) is 1. The van der Waals surface area contributed by atoms with Crippen molar-refractivity contribution in [2.45, 2.75) is 12.8 Å². The van der Waals surface area contributed by atoms with Crippen LogP contribution in [0.4, 0.5) is 4.39 Å². The van der Waals surface area contributed by atoms with Gasteiger partial charge in [0.1, 0.15) is 11.6 Å². The molecule has 0 saturated heterocycles. The molecule has 3 heteroatoms. The number of carbonyl (C=O) groups is 1. The molecule has 1 heterocycles. The standard InChI is InChI=1S/C16H13FO2/c17-14-5-1-3-12(10-14)16(18)13-6-7-15-11(9-13)4-2-8-19-15/h1,3,5-7,9-10H,2,4,8H2. The van der Waals surface area contributed by atoms with Crippen molar-refractivity contribution in [1.29, 1.82) is 0 Å². The van der Waals surface area contributed by atoms with E-state index in [1.54, 1.807) is 18.2 Å². The van der Waals surface area contributed by atoms with Crippen molar-refractivity contribution in [3.05, 3.63) is 65.0 Å². The molecule has 2 nitrogen and oxygen atoms in total. The maximum absolute atomic E-state index is 13.1. The third-order valence-corrected chi connectivity index (χ3v) is 3.26. The molecule has 0 amide bonds. The van der Waals surface area contributed by atoms with Gasteiger partial charge in [0, 0.05) is 11.1 Å². The summed E-state index contributed by atoms with van der Waals surface area (Å²) in [5.74, 6) is 0.294. The summed E-state index contributed by atoms with van der Waals surface area (Å²) in [7, 11) is 0. The van der Waals surface area contributed by atoms with Crippen molar-refractivity contribution >= 4 is 5.78 Å². The molecule has 19 heavy (non-hydrogen) atoms. The van der Waals surface area contributed by atoms with Crippen molar-refractivity contribution in [1.82, 2.24) is 0 Å². The van der Waals surface area contributed by atoms with Gasteiger partial charge in [-0.25, -0.2) is 4.39 Å². The molecule has 3 rings (SSSR count). The molecular weight excluding hydrogens is 243 g/mol. The van der Waals surface area contributed by atoms with E-state index < -0.39 is 5.82 Å². The molecule has 0 bridgehead atoms. The fourth-order valence-electron chi connectivity index (χ4n) is 2.30. The Bertz CT molecular complexity index is 634. The summed E-state index contributed by atoms with van der Waals surface area (Å²) >= 11 is 0. The summed E-state index contributed by atoms with van der Waals surface area (Å²) in [6.45, 7) is 0.726. The second-order valence-electron chi connectivity index (χ2n) is 4.61. The topological polar surface area (TPSA) is 26.3 Å². The van der Waals surface area contributed by atoms with Crippen molar-refractivity contribution in [2.75, 3.05) is 6.61 Å². The largest absolute Gasteiger partial charge is 0.493 e. The van der Waals surface area contributed by atoms with Gasteiger partial charge in [0.05, 0.1) is 6.61 Å². The van der Waals surface area contributed by atoms with Crippen LogP contribution in [0.5, 0.6) is 5.75 Å². The van der Waals surface area contributed by atoms with Crippen molar-refractivity contribution in [3.63, 3.8) is 0 Å². The van der Waals surface area contributed by atoms with Crippen LogP contribution in [-0.4, -0.2) is 12.4 Å².